The van der Waals surface area contributed by atoms with Gasteiger partial charge in [-0.2, -0.15) is 0 Å². The summed E-state index contributed by atoms with van der Waals surface area (Å²) in [4.78, 5) is 0. The van der Waals surface area contributed by atoms with E-state index in [-0.39, 0.29) is 11.6 Å². The number of hydrogen-bond acceptors (Lipinski definition) is 1. The van der Waals surface area contributed by atoms with Crippen LogP contribution in [0.5, 0.6) is 0 Å². The molecule has 1 unspecified atom stereocenters. The molecule has 0 aliphatic heterocycles. The van der Waals surface area contributed by atoms with E-state index >= 15 is 0 Å². The Morgan fingerprint density at radius 3 is 2.38 bits per heavy atom. The Balaban J connectivity index is 2.18. The Morgan fingerprint density at radius 1 is 1.19 bits per heavy atom. The van der Waals surface area contributed by atoms with Gasteiger partial charge < -0.3 is 5.32 Å². The first kappa shape index (κ1) is 16.9. The monoisotopic (exact) mass is 359 g/mol. The first-order chi connectivity index (χ1) is 10.1. The van der Waals surface area contributed by atoms with Crippen LogP contribution in [-0.2, 0) is 0 Å². The molecule has 118 valence electrons. The molecule has 1 saturated carbocycles. The van der Waals surface area contributed by atoms with Crippen molar-refractivity contribution >= 4 is 15.9 Å². The van der Waals surface area contributed by atoms with Gasteiger partial charge in [-0.15, -0.1) is 0 Å². The molecule has 4 heteroatoms. The average Bonchev–Trinajstić information content (AvgIpc) is 2.44. The zero-order valence-corrected chi connectivity index (χ0v) is 14.2. The second-order valence-corrected chi connectivity index (χ2v) is 6.95. The van der Waals surface area contributed by atoms with Gasteiger partial charge in [0.25, 0.3) is 0 Å². The van der Waals surface area contributed by atoms with E-state index in [0.29, 0.717) is 10.4 Å². The first-order valence-corrected chi connectivity index (χ1v) is 8.79. The lowest BCUT2D eigenvalue weighted by atomic mass is 9.83. The van der Waals surface area contributed by atoms with E-state index in [1.165, 1.54) is 44.2 Å². The van der Waals surface area contributed by atoms with Crippen LogP contribution in [-0.4, -0.2) is 6.54 Å². The number of benzene rings is 1. The highest BCUT2D eigenvalue weighted by atomic mass is 79.9. The third kappa shape index (κ3) is 4.75. The molecule has 0 aromatic heterocycles. The predicted octanol–water partition coefficient (Wildman–Crippen LogP) is 5.74. The van der Waals surface area contributed by atoms with Crippen LogP contribution >= 0.6 is 15.9 Å². The highest BCUT2D eigenvalue weighted by molar-refractivity contribution is 9.10. The Kier molecular flexibility index (Phi) is 6.62. The maximum Gasteiger partial charge on any atom is 0.132 e. The van der Waals surface area contributed by atoms with Gasteiger partial charge in [-0.05, 0) is 37.4 Å². The highest BCUT2D eigenvalue weighted by Crippen LogP contribution is 2.34. The van der Waals surface area contributed by atoms with Crippen LogP contribution in [0.4, 0.5) is 8.78 Å². The van der Waals surface area contributed by atoms with E-state index in [2.05, 4.69) is 28.2 Å². The molecule has 1 fully saturated rings. The van der Waals surface area contributed by atoms with Gasteiger partial charge in [0.1, 0.15) is 11.6 Å². The minimum Gasteiger partial charge on any atom is -0.310 e. The first-order valence-electron chi connectivity index (χ1n) is 7.99. The molecule has 2 rings (SSSR count). The minimum atomic E-state index is -0.453. The van der Waals surface area contributed by atoms with Crippen LogP contribution in [0.15, 0.2) is 16.6 Å². The zero-order valence-electron chi connectivity index (χ0n) is 12.6. The molecule has 1 nitrogen and oxygen atoms in total. The molecule has 0 bridgehead atoms. The van der Waals surface area contributed by atoms with Gasteiger partial charge in [0, 0.05) is 16.1 Å². The third-order valence-electron chi connectivity index (χ3n) is 4.33. The largest absolute Gasteiger partial charge is 0.310 e. The number of halogens is 3. The van der Waals surface area contributed by atoms with Gasteiger partial charge in [-0.1, -0.05) is 55.0 Å². The van der Waals surface area contributed by atoms with Crippen molar-refractivity contribution in [1.29, 1.82) is 0 Å². The maximum atomic E-state index is 14.2. The van der Waals surface area contributed by atoms with E-state index < -0.39 is 11.6 Å². The summed E-state index contributed by atoms with van der Waals surface area (Å²) in [5.41, 5.74) is 0.206. The second kappa shape index (κ2) is 8.23. The van der Waals surface area contributed by atoms with Crippen molar-refractivity contribution in [2.75, 3.05) is 6.54 Å². The van der Waals surface area contributed by atoms with Crippen molar-refractivity contribution in [2.45, 2.75) is 57.9 Å². The van der Waals surface area contributed by atoms with Gasteiger partial charge in [0.2, 0.25) is 0 Å². The van der Waals surface area contributed by atoms with Crippen LogP contribution in [0.3, 0.4) is 0 Å². The minimum absolute atomic E-state index is 0.206. The van der Waals surface area contributed by atoms with E-state index in [1.54, 1.807) is 0 Å². The molecular formula is C17H24BrF2N. The molecule has 1 aromatic carbocycles. The standard InChI is InChI=1S/C17H24BrF2N/c1-2-8-21-16(9-12-6-4-3-5-7-12)17-14(19)10-13(18)11-15(17)20/h10-12,16,21H,2-9H2,1H3. The van der Waals surface area contributed by atoms with Gasteiger partial charge in [-0.25, -0.2) is 8.78 Å². The fourth-order valence-corrected chi connectivity index (χ4v) is 3.67. The van der Waals surface area contributed by atoms with Crippen molar-refractivity contribution in [1.82, 2.24) is 5.32 Å². The summed E-state index contributed by atoms with van der Waals surface area (Å²) in [5, 5.41) is 3.34. The van der Waals surface area contributed by atoms with Crippen molar-refractivity contribution in [2.24, 2.45) is 5.92 Å². The molecule has 0 radical (unpaired) electrons. The Labute approximate surface area is 134 Å². The van der Waals surface area contributed by atoms with Crippen LogP contribution in [0.1, 0.15) is 63.5 Å². The van der Waals surface area contributed by atoms with Gasteiger partial charge in [0.05, 0.1) is 0 Å². The Morgan fingerprint density at radius 2 is 1.81 bits per heavy atom. The van der Waals surface area contributed by atoms with Crippen LogP contribution in [0.25, 0.3) is 0 Å². The molecule has 0 amide bonds. The quantitative estimate of drug-likeness (QED) is 0.682. The summed E-state index contributed by atoms with van der Waals surface area (Å²) in [7, 11) is 0. The lowest BCUT2D eigenvalue weighted by Crippen LogP contribution is -2.27. The van der Waals surface area contributed by atoms with Crippen molar-refractivity contribution < 1.29 is 8.78 Å². The lowest BCUT2D eigenvalue weighted by Gasteiger charge is -2.28. The Hall–Kier alpha value is -0.480. The molecule has 1 atom stereocenters. The summed E-state index contributed by atoms with van der Waals surface area (Å²) in [6, 6.07) is 2.50. The topological polar surface area (TPSA) is 12.0 Å². The van der Waals surface area contributed by atoms with Crippen LogP contribution in [0.2, 0.25) is 0 Å². The summed E-state index contributed by atoms with van der Waals surface area (Å²) < 4.78 is 28.9. The molecule has 1 aliphatic rings. The molecule has 1 aliphatic carbocycles. The average molecular weight is 360 g/mol. The van der Waals surface area contributed by atoms with Gasteiger partial charge in [-0.3, -0.25) is 0 Å². The fraction of sp³-hybridized carbons (Fsp3) is 0.647. The zero-order chi connectivity index (χ0) is 15.2. The summed E-state index contributed by atoms with van der Waals surface area (Å²) in [6.07, 6.45) is 7.95. The van der Waals surface area contributed by atoms with Crippen molar-refractivity contribution in [3.63, 3.8) is 0 Å². The number of rotatable bonds is 6. The number of nitrogens with one attached hydrogen (secondary N) is 1. The lowest BCUT2D eigenvalue weighted by molar-refractivity contribution is 0.293. The normalized spacial score (nSPS) is 17.9. The SMILES string of the molecule is CCCNC(CC1CCCCC1)c1c(F)cc(Br)cc1F. The van der Waals surface area contributed by atoms with E-state index in [9.17, 15) is 8.78 Å². The van der Waals surface area contributed by atoms with Gasteiger partial charge in [0.15, 0.2) is 0 Å². The molecule has 0 heterocycles. The van der Waals surface area contributed by atoms with E-state index in [0.717, 1.165) is 19.4 Å². The van der Waals surface area contributed by atoms with Crippen molar-refractivity contribution in [3.05, 3.63) is 33.8 Å². The summed E-state index contributed by atoms with van der Waals surface area (Å²) >= 11 is 3.15. The molecule has 0 saturated heterocycles. The van der Waals surface area contributed by atoms with Crippen LogP contribution < -0.4 is 5.32 Å². The number of hydrogen-bond donors (Lipinski definition) is 1. The third-order valence-corrected chi connectivity index (χ3v) is 4.78. The highest BCUT2D eigenvalue weighted by Gasteiger charge is 2.25. The van der Waals surface area contributed by atoms with E-state index in [1.807, 2.05) is 0 Å². The smallest absolute Gasteiger partial charge is 0.132 e. The van der Waals surface area contributed by atoms with Gasteiger partial charge >= 0.3 is 0 Å². The predicted molar refractivity (Wildman–Crippen MR) is 86.3 cm³/mol. The molecular weight excluding hydrogens is 336 g/mol. The maximum absolute atomic E-state index is 14.2. The molecule has 1 aromatic rings. The summed E-state index contributed by atoms with van der Waals surface area (Å²) in [5.74, 6) is -0.326. The fourth-order valence-electron chi connectivity index (χ4n) is 3.26. The Bertz CT molecular complexity index is 435. The molecule has 0 spiro atoms. The second-order valence-electron chi connectivity index (χ2n) is 6.03. The van der Waals surface area contributed by atoms with Crippen molar-refractivity contribution in [3.8, 4) is 0 Å². The van der Waals surface area contributed by atoms with Crippen LogP contribution in [0, 0.1) is 17.6 Å². The molecule has 21 heavy (non-hydrogen) atoms. The summed E-state index contributed by atoms with van der Waals surface area (Å²) in [6.45, 7) is 2.85. The van der Waals surface area contributed by atoms with E-state index in [4.69, 9.17) is 0 Å². The molecule has 1 N–H and O–H groups in total.